The van der Waals surface area contributed by atoms with Gasteiger partial charge in [-0.1, -0.05) is 44.4 Å². The van der Waals surface area contributed by atoms with Crippen molar-refractivity contribution in [3.63, 3.8) is 0 Å². The Balaban J connectivity index is 1.71. The zero-order valence-corrected chi connectivity index (χ0v) is 16.4. The average molecular weight is 364 g/mol. The van der Waals surface area contributed by atoms with Crippen molar-refractivity contribution < 1.29 is 14.3 Å². The lowest BCUT2D eigenvalue weighted by Gasteiger charge is -2.34. The summed E-state index contributed by atoms with van der Waals surface area (Å²) in [6, 6.07) is 6.33. The number of hydrogen-bond acceptors (Lipinski definition) is 4. The SMILES string of the molecule is Cc1ccc(SCC(=O)OCC(=O)N[C@H]2CCC[C@H](C)[C@@H]2C)c(C)c1. The van der Waals surface area contributed by atoms with Crippen molar-refractivity contribution in [2.24, 2.45) is 11.8 Å². The quantitative estimate of drug-likeness (QED) is 0.615. The third-order valence-electron chi connectivity index (χ3n) is 5.09. The maximum absolute atomic E-state index is 12.0. The number of ether oxygens (including phenoxy) is 1. The Morgan fingerprint density at radius 2 is 2.00 bits per heavy atom. The van der Waals surface area contributed by atoms with Gasteiger partial charge in [0.1, 0.15) is 0 Å². The van der Waals surface area contributed by atoms with Crippen LogP contribution in [-0.2, 0) is 14.3 Å². The van der Waals surface area contributed by atoms with E-state index in [2.05, 4.69) is 25.2 Å². The highest BCUT2D eigenvalue weighted by Crippen LogP contribution is 2.29. The molecule has 5 heteroatoms. The summed E-state index contributed by atoms with van der Waals surface area (Å²) in [5.74, 6) is 0.749. The lowest BCUT2D eigenvalue weighted by atomic mass is 9.78. The number of carbonyl (C=O) groups excluding carboxylic acids is 2. The van der Waals surface area contributed by atoms with E-state index in [9.17, 15) is 9.59 Å². The molecule has 1 aliphatic carbocycles. The van der Waals surface area contributed by atoms with Crippen molar-refractivity contribution in [1.82, 2.24) is 5.32 Å². The monoisotopic (exact) mass is 363 g/mol. The molecule has 25 heavy (non-hydrogen) atoms. The molecule has 138 valence electrons. The van der Waals surface area contributed by atoms with Crippen molar-refractivity contribution >= 4 is 23.6 Å². The lowest BCUT2D eigenvalue weighted by Crippen LogP contribution is -2.45. The molecular weight excluding hydrogens is 334 g/mol. The van der Waals surface area contributed by atoms with E-state index in [1.165, 1.54) is 23.7 Å². The van der Waals surface area contributed by atoms with Gasteiger partial charge >= 0.3 is 5.97 Å². The summed E-state index contributed by atoms with van der Waals surface area (Å²) < 4.78 is 5.12. The third-order valence-corrected chi connectivity index (χ3v) is 6.24. The Labute approximate surface area is 155 Å². The van der Waals surface area contributed by atoms with Crippen LogP contribution >= 0.6 is 11.8 Å². The van der Waals surface area contributed by atoms with E-state index >= 15 is 0 Å². The molecule has 1 N–H and O–H groups in total. The van der Waals surface area contributed by atoms with E-state index in [0.29, 0.717) is 11.8 Å². The molecule has 3 atom stereocenters. The molecule has 0 radical (unpaired) electrons. The standard InChI is InChI=1S/C20H29NO3S/c1-13-8-9-18(15(3)10-13)25-12-20(23)24-11-19(22)21-17-7-5-6-14(2)16(17)4/h8-10,14,16-17H,5-7,11-12H2,1-4H3,(H,21,22)/t14-,16-,17-/m0/s1. The molecule has 1 aliphatic rings. The largest absolute Gasteiger partial charge is 0.455 e. The molecule has 0 heterocycles. The lowest BCUT2D eigenvalue weighted by molar-refractivity contribution is -0.146. The Morgan fingerprint density at radius 1 is 1.24 bits per heavy atom. The molecule has 1 fully saturated rings. The van der Waals surface area contributed by atoms with Gasteiger partial charge < -0.3 is 10.1 Å². The number of esters is 1. The van der Waals surface area contributed by atoms with E-state index in [-0.39, 0.29) is 30.3 Å². The summed E-state index contributed by atoms with van der Waals surface area (Å²) >= 11 is 1.45. The summed E-state index contributed by atoms with van der Waals surface area (Å²) in [7, 11) is 0. The molecule has 1 aromatic carbocycles. The normalized spacial score (nSPS) is 23.1. The minimum Gasteiger partial charge on any atom is -0.455 e. The smallest absolute Gasteiger partial charge is 0.316 e. The van der Waals surface area contributed by atoms with E-state index in [1.54, 1.807) is 0 Å². The molecule has 4 nitrogen and oxygen atoms in total. The molecule has 1 amide bonds. The van der Waals surface area contributed by atoms with Crippen molar-refractivity contribution in [3.8, 4) is 0 Å². The third kappa shape index (κ3) is 6.07. The van der Waals surface area contributed by atoms with Crippen LogP contribution in [-0.4, -0.2) is 30.3 Å². The average Bonchev–Trinajstić information content (AvgIpc) is 2.56. The number of nitrogens with one attached hydrogen (secondary N) is 1. The Morgan fingerprint density at radius 3 is 2.72 bits per heavy atom. The fraction of sp³-hybridized carbons (Fsp3) is 0.600. The topological polar surface area (TPSA) is 55.4 Å². The van der Waals surface area contributed by atoms with Crippen LogP contribution in [0.4, 0.5) is 0 Å². The molecule has 1 aromatic rings. The van der Waals surface area contributed by atoms with Gasteiger partial charge in [-0.3, -0.25) is 9.59 Å². The molecule has 1 saturated carbocycles. The highest BCUT2D eigenvalue weighted by molar-refractivity contribution is 8.00. The summed E-state index contributed by atoms with van der Waals surface area (Å²) in [5, 5.41) is 3.02. The number of thioether (sulfide) groups is 1. The maximum Gasteiger partial charge on any atom is 0.316 e. The van der Waals surface area contributed by atoms with Crippen molar-refractivity contribution in [2.45, 2.75) is 57.9 Å². The number of rotatable bonds is 6. The number of hydrogen-bond donors (Lipinski definition) is 1. The van der Waals surface area contributed by atoms with Crippen LogP contribution in [0.3, 0.4) is 0 Å². The predicted octanol–water partition coefficient (Wildman–Crippen LogP) is 3.88. The highest BCUT2D eigenvalue weighted by Gasteiger charge is 2.28. The fourth-order valence-corrected chi connectivity index (χ4v) is 4.13. The Bertz CT molecular complexity index is 617. The van der Waals surface area contributed by atoms with Gasteiger partial charge in [0.2, 0.25) is 0 Å². The summed E-state index contributed by atoms with van der Waals surface area (Å²) in [5.41, 5.74) is 2.35. The molecule has 0 spiro atoms. The molecule has 0 saturated heterocycles. The molecule has 2 rings (SSSR count). The molecule has 0 aromatic heterocycles. The Kier molecular flexibility index (Phi) is 7.36. The molecule has 0 unspecified atom stereocenters. The van der Waals surface area contributed by atoms with Crippen LogP contribution in [0.2, 0.25) is 0 Å². The van der Waals surface area contributed by atoms with Gasteiger partial charge in [-0.05, 0) is 43.7 Å². The van der Waals surface area contributed by atoms with Crippen LogP contribution in [0.5, 0.6) is 0 Å². The molecule has 0 aliphatic heterocycles. The molecular formula is C20H29NO3S. The van der Waals surface area contributed by atoms with Gasteiger partial charge in [0.05, 0.1) is 5.75 Å². The summed E-state index contributed by atoms with van der Waals surface area (Å²) in [6.07, 6.45) is 3.37. The molecule has 0 bridgehead atoms. The van der Waals surface area contributed by atoms with Gasteiger partial charge in [-0.15, -0.1) is 11.8 Å². The highest BCUT2D eigenvalue weighted by atomic mass is 32.2. The summed E-state index contributed by atoms with van der Waals surface area (Å²) in [6.45, 7) is 8.29. The van der Waals surface area contributed by atoms with Gasteiger partial charge in [0.25, 0.3) is 5.91 Å². The van der Waals surface area contributed by atoms with Gasteiger partial charge in [0, 0.05) is 10.9 Å². The van der Waals surface area contributed by atoms with Crippen LogP contribution in [0, 0.1) is 25.7 Å². The van der Waals surface area contributed by atoms with Crippen LogP contribution in [0.1, 0.15) is 44.2 Å². The van der Waals surface area contributed by atoms with Gasteiger partial charge in [0.15, 0.2) is 6.61 Å². The van der Waals surface area contributed by atoms with Crippen LogP contribution in [0.15, 0.2) is 23.1 Å². The second-order valence-electron chi connectivity index (χ2n) is 7.16. The number of benzene rings is 1. The second kappa shape index (κ2) is 9.27. The van der Waals surface area contributed by atoms with E-state index in [4.69, 9.17) is 4.74 Å². The van der Waals surface area contributed by atoms with Crippen molar-refractivity contribution in [2.75, 3.05) is 12.4 Å². The van der Waals surface area contributed by atoms with E-state index < -0.39 is 0 Å². The van der Waals surface area contributed by atoms with Gasteiger partial charge in [-0.25, -0.2) is 0 Å². The first-order valence-corrected chi connectivity index (χ1v) is 10.0. The Hall–Kier alpha value is -1.49. The first-order valence-electron chi connectivity index (χ1n) is 9.02. The zero-order chi connectivity index (χ0) is 18.4. The fourth-order valence-electron chi connectivity index (χ4n) is 3.32. The second-order valence-corrected chi connectivity index (χ2v) is 8.18. The van der Waals surface area contributed by atoms with Crippen LogP contribution < -0.4 is 5.32 Å². The van der Waals surface area contributed by atoms with Crippen molar-refractivity contribution in [1.29, 1.82) is 0 Å². The van der Waals surface area contributed by atoms with E-state index in [0.717, 1.165) is 23.3 Å². The van der Waals surface area contributed by atoms with Crippen LogP contribution in [0.25, 0.3) is 0 Å². The predicted molar refractivity (Wildman–Crippen MR) is 102 cm³/mol. The zero-order valence-electron chi connectivity index (χ0n) is 15.6. The first-order chi connectivity index (χ1) is 11.9. The number of amides is 1. The summed E-state index contributed by atoms with van der Waals surface area (Å²) in [4.78, 5) is 25.0. The number of carbonyl (C=O) groups is 2. The minimum atomic E-state index is -0.356. The maximum atomic E-state index is 12.0. The minimum absolute atomic E-state index is 0.191. The number of aryl methyl sites for hydroxylation is 2. The van der Waals surface area contributed by atoms with Gasteiger partial charge in [-0.2, -0.15) is 0 Å². The van der Waals surface area contributed by atoms with E-state index in [1.807, 2.05) is 26.0 Å². The first kappa shape index (κ1) is 19.8. The van der Waals surface area contributed by atoms with Crippen molar-refractivity contribution in [3.05, 3.63) is 29.3 Å².